The average molecular weight is 590 g/mol. The largest absolute Gasteiger partial charge is 0.479 e. The van der Waals surface area contributed by atoms with Crippen LogP contribution in [0.15, 0.2) is 53.2 Å². The quantitative estimate of drug-likeness (QED) is 0.123. The molecule has 218 valence electrons. The Morgan fingerprint density at radius 2 is 1.93 bits per heavy atom. The van der Waals surface area contributed by atoms with Crippen LogP contribution in [0.4, 0.5) is 5.88 Å². The van der Waals surface area contributed by atoms with Crippen LogP contribution < -0.4 is 9.82 Å². The number of hydrogen-bond donors (Lipinski definition) is 3. The summed E-state index contributed by atoms with van der Waals surface area (Å²) in [7, 11) is -2.67. The molecule has 0 radical (unpaired) electrons. The number of ether oxygens (including phenoxy) is 2. The smallest absolute Gasteiger partial charge is 0.433 e. The van der Waals surface area contributed by atoms with E-state index in [1.54, 1.807) is 31.2 Å². The Hall–Kier alpha value is -3.76. The average Bonchev–Trinajstić information content (AvgIpc) is 3.68. The first kappa shape index (κ1) is 28.8. The Morgan fingerprint density at radius 1 is 1.15 bits per heavy atom. The van der Waals surface area contributed by atoms with Gasteiger partial charge in [0.1, 0.15) is 41.4 Å². The number of methoxy groups -OCH3 is 1. The maximum absolute atomic E-state index is 13.7. The topological polar surface area (TPSA) is 206 Å². The molecule has 5 rings (SSSR count). The molecule has 1 saturated heterocycles. The molecule has 4 heterocycles. The molecule has 0 amide bonds. The predicted molar refractivity (Wildman–Crippen MR) is 140 cm³/mol. The Kier molecular flexibility index (Phi) is 8.42. The number of aliphatic hydroxyl groups is 2. The van der Waals surface area contributed by atoms with Crippen molar-refractivity contribution in [1.29, 1.82) is 0 Å². The molecule has 41 heavy (non-hydrogen) atoms. The second-order valence-corrected chi connectivity index (χ2v) is 10.9. The molecule has 3 aromatic heterocycles. The summed E-state index contributed by atoms with van der Waals surface area (Å²) in [5.41, 5.74) is 1.43. The predicted octanol–water partition coefficient (Wildman–Crippen LogP) is 2.40. The van der Waals surface area contributed by atoms with Gasteiger partial charge in [0.2, 0.25) is 5.88 Å². The van der Waals surface area contributed by atoms with Gasteiger partial charge in [-0.15, -0.1) is 0 Å². The fourth-order valence-corrected chi connectivity index (χ4v) is 5.47. The van der Waals surface area contributed by atoms with Crippen LogP contribution in [0.3, 0.4) is 0 Å². The maximum atomic E-state index is 13.7. The maximum Gasteiger partial charge on any atom is 0.433 e. The van der Waals surface area contributed by atoms with Crippen molar-refractivity contribution in [1.82, 2.24) is 24.6 Å². The highest BCUT2D eigenvalue weighted by Crippen LogP contribution is 2.46. The van der Waals surface area contributed by atoms with E-state index in [1.807, 2.05) is 6.07 Å². The molecule has 1 fully saturated rings. The van der Waals surface area contributed by atoms with Crippen molar-refractivity contribution in [2.24, 2.45) is 0 Å². The molecule has 3 N–H and O–H groups in total. The molecule has 16 nitrogen and oxygen atoms in total. The molecule has 1 aromatic carbocycles. The van der Waals surface area contributed by atoms with E-state index < -0.39 is 56.3 Å². The first-order valence-electron chi connectivity index (χ1n) is 12.4. The van der Waals surface area contributed by atoms with E-state index in [1.165, 1.54) is 24.1 Å². The van der Waals surface area contributed by atoms with Crippen molar-refractivity contribution in [3.63, 3.8) is 0 Å². The number of aliphatic hydroxyl groups excluding tert-OH is 2. The fraction of sp³-hybridized carbons (Fsp3) is 0.375. The molecule has 0 spiro atoms. The second-order valence-electron chi connectivity index (χ2n) is 9.03. The van der Waals surface area contributed by atoms with Gasteiger partial charge in [0.05, 0.1) is 26.1 Å². The zero-order chi connectivity index (χ0) is 29.1. The van der Waals surface area contributed by atoms with Crippen molar-refractivity contribution in [3.05, 3.63) is 76.1 Å². The monoisotopic (exact) mass is 590 g/mol. The number of imidazole rings is 1. The van der Waals surface area contributed by atoms with Gasteiger partial charge in [-0.2, -0.15) is 4.98 Å². The third-order valence-corrected chi connectivity index (χ3v) is 7.74. The number of fused-ring (bicyclic) bond motifs is 1. The lowest BCUT2D eigenvalue weighted by atomic mass is 10.1. The zero-order valence-electron chi connectivity index (χ0n) is 21.9. The van der Waals surface area contributed by atoms with Crippen LogP contribution in [0.2, 0.25) is 0 Å². The standard InChI is InChI=1S/C24H27N6O10P/c1-14-27-22-19(23(28-14)36-2)25-13-29(22)24-21(32)20(31)17(40-24)12-38-41(35,26-10-15-6-4-3-5-7-15)37-11-16-8-9-18(39-16)30(33)34/h3-9,13,17,20-21,24,31-32H,10-12H2,1-2H3,(H,26,35)/t17-,20?,21-,24-,41?/m1/s1. The lowest BCUT2D eigenvalue weighted by Crippen LogP contribution is -2.34. The van der Waals surface area contributed by atoms with E-state index in [0.717, 1.165) is 11.6 Å². The van der Waals surface area contributed by atoms with Crippen molar-refractivity contribution in [3.8, 4) is 5.88 Å². The Bertz CT molecular complexity index is 1560. The number of aromatic nitrogens is 4. The highest BCUT2D eigenvalue weighted by molar-refractivity contribution is 7.51. The van der Waals surface area contributed by atoms with E-state index in [4.69, 9.17) is 22.9 Å². The van der Waals surface area contributed by atoms with Gasteiger partial charge in [-0.1, -0.05) is 30.3 Å². The summed E-state index contributed by atoms with van der Waals surface area (Å²) in [6, 6.07) is 11.5. The normalized spacial score (nSPS) is 22.1. The Labute approximate surface area is 232 Å². The van der Waals surface area contributed by atoms with Crippen molar-refractivity contribution >= 4 is 24.8 Å². The van der Waals surface area contributed by atoms with Crippen molar-refractivity contribution < 1.29 is 42.6 Å². The summed E-state index contributed by atoms with van der Waals surface area (Å²) in [4.78, 5) is 23.0. The minimum absolute atomic E-state index is 0.0503. The summed E-state index contributed by atoms with van der Waals surface area (Å²) >= 11 is 0. The minimum Gasteiger partial charge on any atom is -0.479 e. The van der Waals surface area contributed by atoms with Gasteiger partial charge in [-0.05, 0) is 18.6 Å². The van der Waals surface area contributed by atoms with E-state index in [0.29, 0.717) is 17.0 Å². The molecule has 4 aromatic rings. The number of benzene rings is 1. The summed E-state index contributed by atoms with van der Waals surface area (Å²) in [5, 5.41) is 35.2. The Balaban J connectivity index is 1.30. The highest BCUT2D eigenvalue weighted by atomic mass is 31.2. The molecular formula is C24H27N6O10P. The first-order chi connectivity index (χ1) is 19.7. The highest BCUT2D eigenvalue weighted by Gasteiger charge is 2.45. The first-order valence-corrected chi connectivity index (χ1v) is 13.9. The molecule has 17 heteroatoms. The fourth-order valence-electron chi connectivity index (χ4n) is 4.19. The lowest BCUT2D eigenvalue weighted by molar-refractivity contribution is -0.402. The van der Waals surface area contributed by atoms with E-state index in [9.17, 15) is 24.9 Å². The van der Waals surface area contributed by atoms with Crippen LogP contribution in [0.25, 0.3) is 11.2 Å². The summed E-state index contributed by atoms with van der Waals surface area (Å²) < 4.78 is 42.5. The third kappa shape index (κ3) is 6.28. The van der Waals surface area contributed by atoms with Crippen molar-refractivity contribution in [2.75, 3.05) is 13.7 Å². The van der Waals surface area contributed by atoms with Crippen LogP contribution in [-0.4, -0.2) is 66.7 Å². The molecular weight excluding hydrogens is 563 g/mol. The van der Waals surface area contributed by atoms with Crippen LogP contribution >= 0.6 is 7.75 Å². The van der Waals surface area contributed by atoms with Gasteiger partial charge in [0.15, 0.2) is 17.4 Å². The Morgan fingerprint density at radius 3 is 2.63 bits per heavy atom. The number of nitrogens with zero attached hydrogens (tertiary/aromatic N) is 5. The number of aryl methyl sites for hydroxylation is 1. The van der Waals surface area contributed by atoms with Crippen LogP contribution in [0, 0.1) is 17.0 Å². The number of nitro groups is 1. The zero-order valence-corrected chi connectivity index (χ0v) is 22.8. The number of nitrogens with one attached hydrogen (secondary N) is 1. The van der Waals surface area contributed by atoms with Crippen molar-refractivity contribution in [2.45, 2.75) is 44.6 Å². The molecule has 1 aliphatic heterocycles. The number of furan rings is 1. The SMILES string of the molecule is COc1nc(C)nc2c1ncn2[C@@H]1O[C@H](COP(=O)(NCc2ccccc2)OCc2ccc([N+](=O)[O-])o2)C(O)[C@H]1O. The summed E-state index contributed by atoms with van der Waals surface area (Å²) in [6.07, 6.45) is -3.70. The van der Waals surface area contributed by atoms with E-state index in [2.05, 4.69) is 20.0 Å². The van der Waals surface area contributed by atoms with E-state index >= 15 is 0 Å². The van der Waals surface area contributed by atoms with Gasteiger partial charge in [-0.3, -0.25) is 23.7 Å². The van der Waals surface area contributed by atoms with Gasteiger partial charge >= 0.3 is 13.6 Å². The molecule has 2 unspecified atom stereocenters. The molecule has 0 aliphatic carbocycles. The van der Waals surface area contributed by atoms with Crippen LogP contribution in [0.5, 0.6) is 5.88 Å². The molecule has 5 atom stereocenters. The summed E-state index contributed by atoms with van der Waals surface area (Å²) in [6.45, 7) is 0.902. The second kappa shape index (κ2) is 12.0. The van der Waals surface area contributed by atoms with Crippen LogP contribution in [0.1, 0.15) is 23.4 Å². The molecule has 0 bridgehead atoms. The third-order valence-electron chi connectivity index (χ3n) is 6.24. The van der Waals surface area contributed by atoms with Gasteiger partial charge < -0.3 is 24.1 Å². The summed E-state index contributed by atoms with van der Waals surface area (Å²) in [5.74, 6) is 0.190. The lowest BCUT2D eigenvalue weighted by Gasteiger charge is -2.22. The minimum atomic E-state index is -4.11. The molecule has 0 saturated carbocycles. The van der Waals surface area contributed by atoms with Crippen LogP contribution in [-0.2, 0) is 31.5 Å². The van der Waals surface area contributed by atoms with Gasteiger partial charge in [0.25, 0.3) is 0 Å². The number of hydrogen-bond acceptors (Lipinski definition) is 13. The van der Waals surface area contributed by atoms with Gasteiger partial charge in [-0.25, -0.2) is 19.6 Å². The number of rotatable bonds is 12. The van der Waals surface area contributed by atoms with E-state index in [-0.39, 0.29) is 18.2 Å². The van der Waals surface area contributed by atoms with Gasteiger partial charge in [0, 0.05) is 6.54 Å². The molecule has 1 aliphatic rings.